The van der Waals surface area contributed by atoms with Crippen molar-refractivity contribution in [3.63, 3.8) is 0 Å². The fourth-order valence-electron chi connectivity index (χ4n) is 8.58. The van der Waals surface area contributed by atoms with Gasteiger partial charge in [-0.3, -0.25) is 14.4 Å². The number of carboxylic acids is 1. The fraction of sp³-hybridized carbons (Fsp3) is 0.672. The van der Waals surface area contributed by atoms with Gasteiger partial charge in [-0.25, -0.2) is 4.79 Å². The van der Waals surface area contributed by atoms with E-state index >= 15 is 0 Å². The lowest BCUT2D eigenvalue weighted by Crippen LogP contribution is -2.61. The van der Waals surface area contributed by atoms with Crippen molar-refractivity contribution in [3.05, 3.63) is 109 Å². The first-order valence-corrected chi connectivity index (χ1v) is 30.9. The zero-order valence-electron chi connectivity index (χ0n) is 49.3. The van der Waals surface area contributed by atoms with Crippen molar-refractivity contribution in [1.82, 2.24) is 0 Å². The van der Waals surface area contributed by atoms with E-state index in [9.17, 15) is 34.5 Å². The van der Waals surface area contributed by atoms with Crippen molar-refractivity contribution in [3.8, 4) is 0 Å². The topological polar surface area (TPSA) is 175 Å². The predicted octanol–water partition coefficient (Wildman–Crippen LogP) is 16.2. The van der Waals surface area contributed by atoms with Crippen LogP contribution >= 0.6 is 0 Å². The van der Waals surface area contributed by atoms with Crippen molar-refractivity contribution in [2.75, 3.05) is 13.2 Å². The minimum absolute atomic E-state index is 0.0377. The zero-order valence-corrected chi connectivity index (χ0v) is 49.3. The number of esters is 3. The highest BCUT2D eigenvalue weighted by molar-refractivity contribution is 5.74. The van der Waals surface area contributed by atoms with Gasteiger partial charge in [0.15, 0.2) is 24.6 Å². The van der Waals surface area contributed by atoms with Crippen molar-refractivity contribution >= 4 is 23.9 Å². The van der Waals surface area contributed by atoms with Gasteiger partial charge in [-0.15, -0.1) is 0 Å². The molecule has 1 aliphatic rings. The number of unbranched alkanes of at least 4 members (excludes halogenated alkanes) is 19. The number of rotatable bonds is 51. The highest BCUT2D eigenvalue weighted by atomic mass is 16.7. The number of allylic oxidation sites excluding steroid dienone is 18. The molecule has 0 aromatic carbocycles. The molecule has 0 bridgehead atoms. The number of carbonyl (C=O) groups is 4. The molecule has 12 heteroatoms. The average Bonchev–Trinajstić information content (AvgIpc) is 3.47. The van der Waals surface area contributed by atoms with Crippen LogP contribution in [0.15, 0.2) is 109 Å². The molecule has 6 atom stereocenters. The molecular weight excluding hydrogens is 997 g/mol. The molecule has 1 saturated heterocycles. The van der Waals surface area contributed by atoms with Gasteiger partial charge < -0.3 is 39.0 Å². The number of ether oxygens (including phenoxy) is 5. The molecule has 1 rings (SSSR count). The maximum atomic E-state index is 13.2. The van der Waals surface area contributed by atoms with Crippen molar-refractivity contribution in [1.29, 1.82) is 0 Å². The Morgan fingerprint density at radius 2 is 0.835 bits per heavy atom. The largest absolute Gasteiger partial charge is 0.479 e. The molecule has 448 valence electrons. The van der Waals surface area contributed by atoms with E-state index in [0.717, 1.165) is 116 Å². The molecule has 1 fully saturated rings. The van der Waals surface area contributed by atoms with Crippen LogP contribution < -0.4 is 0 Å². The minimum atomic E-state index is -1.92. The molecule has 3 N–H and O–H groups in total. The molecule has 1 aliphatic heterocycles. The first-order chi connectivity index (χ1) is 38.6. The summed E-state index contributed by atoms with van der Waals surface area (Å²) < 4.78 is 28.4. The Labute approximate surface area is 478 Å². The molecule has 0 aromatic heterocycles. The van der Waals surface area contributed by atoms with Gasteiger partial charge in [-0.1, -0.05) is 220 Å². The zero-order chi connectivity index (χ0) is 57.5. The molecule has 12 nitrogen and oxygen atoms in total. The second-order valence-electron chi connectivity index (χ2n) is 20.6. The molecule has 0 spiro atoms. The normalized spacial score (nSPS) is 18.6. The van der Waals surface area contributed by atoms with Gasteiger partial charge >= 0.3 is 23.9 Å². The van der Waals surface area contributed by atoms with E-state index in [4.69, 9.17) is 23.7 Å². The number of aliphatic carboxylic acids is 1. The van der Waals surface area contributed by atoms with Crippen LogP contribution in [0.4, 0.5) is 0 Å². The number of hydrogen-bond donors (Lipinski definition) is 3. The van der Waals surface area contributed by atoms with E-state index in [1.807, 2.05) is 12.2 Å². The Balaban J connectivity index is 2.72. The lowest BCUT2D eigenvalue weighted by Gasteiger charge is -2.40. The van der Waals surface area contributed by atoms with E-state index in [0.29, 0.717) is 19.3 Å². The van der Waals surface area contributed by atoms with Gasteiger partial charge in [-0.2, -0.15) is 0 Å². The van der Waals surface area contributed by atoms with E-state index in [1.54, 1.807) is 0 Å². The molecule has 0 aliphatic carbocycles. The van der Waals surface area contributed by atoms with Crippen LogP contribution in [0.5, 0.6) is 0 Å². The van der Waals surface area contributed by atoms with Gasteiger partial charge in [0.05, 0.1) is 6.61 Å². The molecule has 0 radical (unpaired) electrons. The molecule has 0 aromatic rings. The number of aliphatic hydroxyl groups is 2. The van der Waals surface area contributed by atoms with Gasteiger partial charge in [0, 0.05) is 19.3 Å². The molecule has 0 saturated carbocycles. The summed E-state index contributed by atoms with van der Waals surface area (Å²) in [7, 11) is 0. The first kappa shape index (κ1) is 72.4. The van der Waals surface area contributed by atoms with Crippen LogP contribution in [0.2, 0.25) is 0 Å². The van der Waals surface area contributed by atoms with Crippen LogP contribution in [-0.2, 0) is 42.9 Å². The first-order valence-electron chi connectivity index (χ1n) is 30.9. The summed E-state index contributed by atoms with van der Waals surface area (Å²) >= 11 is 0. The highest BCUT2D eigenvalue weighted by Gasteiger charge is 2.50. The fourth-order valence-corrected chi connectivity index (χ4v) is 8.58. The van der Waals surface area contributed by atoms with Crippen molar-refractivity contribution in [2.45, 2.75) is 276 Å². The van der Waals surface area contributed by atoms with Crippen LogP contribution in [-0.4, -0.2) is 89.2 Å². The predicted molar refractivity (Wildman–Crippen MR) is 321 cm³/mol. The Morgan fingerprint density at radius 1 is 0.430 bits per heavy atom. The van der Waals surface area contributed by atoms with Gasteiger partial charge in [-0.05, 0) is 109 Å². The van der Waals surface area contributed by atoms with Crippen LogP contribution in [0.1, 0.15) is 239 Å². The van der Waals surface area contributed by atoms with E-state index in [2.05, 4.69) is 118 Å². The lowest BCUT2D eigenvalue weighted by atomic mass is 9.98. The molecule has 1 heterocycles. The second-order valence-corrected chi connectivity index (χ2v) is 20.6. The Bertz CT molecular complexity index is 1790. The average molecular weight is 1110 g/mol. The summed E-state index contributed by atoms with van der Waals surface area (Å²) in [5, 5.41) is 31.5. The molecule has 79 heavy (non-hydrogen) atoms. The summed E-state index contributed by atoms with van der Waals surface area (Å²) in [5.41, 5.74) is 0. The van der Waals surface area contributed by atoms with Gasteiger partial charge in [0.25, 0.3) is 0 Å². The Morgan fingerprint density at radius 3 is 1.32 bits per heavy atom. The smallest absolute Gasteiger partial charge is 0.335 e. The number of carbonyl (C=O) groups excluding carboxylic acids is 3. The van der Waals surface area contributed by atoms with E-state index < -0.39 is 67.3 Å². The quantitative estimate of drug-likeness (QED) is 0.0228. The maximum Gasteiger partial charge on any atom is 0.335 e. The number of hydrogen-bond acceptors (Lipinski definition) is 11. The lowest BCUT2D eigenvalue weighted by molar-refractivity contribution is -0.301. The third-order valence-corrected chi connectivity index (χ3v) is 13.3. The van der Waals surface area contributed by atoms with Crippen molar-refractivity contribution < 1.29 is 58.2 Å². The molecular formula is C67H108O12. The molecule has 6 unspecified atom stereocenters. The Kier molecular flexibility index (Phi) is 49.5. The van der Waals surface area contributed by atoms with E-state index in [1.165, 1.54) is 64.2 Å². The van der Waals surface area contributed by atoms with E-state index in [-0.39, 0.29) is 25.9 Å². The second kappa shape index (κ2) is 54.0. The van der Waals surface area contributed by atoms with Crippen LogP contribution in [0, 0.1) is 0 Å². The number of aliphatic hydroxyl groups excluding tert-OH is 2. The van der Waals surface area contributed by atoms with Crippen LogP contribution in [0.3, 0.4) is 0 Å². The standard InChI is InChI=1S/C67H108O12/c1-4-7-10-13-16-19-22-24-26-28-30-32-34-36-39-41-44-47-50-53-59(68)75-56-58(77-60(69)54-51-48-45-43-40-37-35-33-31-29-27-25-23-20-17-14-11-8-5-2)57-76-67-65(63(72)62(71)64(79-67)66(73)74)78-61(70)55-52-49-46-42-38-21-18-15-12-9-6-3/h7,10,15-20,24-27,30,32,36,39,44,47,58,62-65,67,71-72H,4-6,8-9,11-14,21-23,28-29,31,33-35,37-38,40-43,45-46,48-57H2,1-3H3,(H,73,74)/b10-7-,18-15-,19-16-,20-17-,26-24-,27-25-,32-30-,39-36-,47-44-. The summed E-state index contributed by atoms with van der Waals surface area (Å²) in [4.78, 5) is 51.1. The maximum absolute atomic E-state index is 13.2. The van der Waals surface area contributed by atoms with Crippen LogP contribution in [0.25, 0.3) is 0 Å². The van der Waals surface area contributed by atoms with Gasteiger partial charge in [0.1, 0.15) is 18.8 Å². The third kappa shape index (κ3) is 43.8. The Hall–Kier alpha value is -4.62. The number of carboxylic acid groups (broad SMARTS) is 1. The third-order valence-electron chi connectivity index (χ3n) is 13.3. The SMILES string of the molecule is CC/C=C\C/C=C\C/C=C\C/C=C\C/C=C\C/C=C\CCC(=O)OCC(COC1OC(C(=O)O)C(O)C(O)C1OC(=O)CCCCCCC/C=C\CCCC)OC(=O)CCCCCCCCCCC/C=C\C/C=C\CCCCC. The summed E-state index contributed by atoms with van der Waals surface area (Å²) in [5.74, 6) is -3.26. The summed E-state index contributed by atoms with van der Waals surface area (Å²) in [6, 6.07) is 0. The highest BCUT2D eigenvalue weighted by Crippen LogP contribution is 2.26. The van der Waals surface area contributed by atoms with Gasteiger partial charge in [0.2, 0.25) is 0 Å². The molecule has 0 amide bonds. The minimum Gasteiger partial charge on any atom is -0.479 e. The monoisotopic (exact) mass is 1100 g/mol. The van der Waals surface area contributed by atoms with Crippen molar-refractivity contribution in [2.24, 2.45) is 0 Å². The summed E-state index contributed by atoms with van der Waals surface area (Å²) in [6.45, 7) is 5.74. The summed E-state index contributed by atoms with van der Waals surface area (Å²) in [6.07, 6.45) is 60.7.